The fourth-order valence-corrected chi connectivity index (χ4v) is 1.70. The largest absolute Gasteiger partial charge is 0.396 e. The van der Waals surface area contributed by atoms with Gasteiger partial charge in [-0.3, -0.25) is 0 Å². The molecule has 2 nitrogen and oxygen atoms in total. The van der Waals surface area contributed by atoms with Crippen molar-refractivity contribution in [3.63, 3.8) is 0 Å². The predicted molar refractivity (Wildman–Crippen MR) is 53.4 cm³/mol. The quantitative estimate of drug-likeness (QED) is 0.643. The molecule has 1 atom stereocenters. The minimum Gasteiger partial charge on any atom is -0.396 e. The lowest BCUT2D eigenvalue weighted by Gasteiger charge is -2.21. The molecule has 0 aliphatic heterocycles. The third-order valence-corrected chi connectivity index (χ3v) is 2.52. The Labute approximate surface area is 81.3 Å². The maximum Gasteiger partial charge on any atom is 0.0577 e. The molecule has 1 fully saturated rings. The van der Waals surface area contributed by atoms with Crippen LogP contribution in [0, 0.1) is 6.42 Å². The van der Waals surface area contributed by atoms with Crippen molar-refractivity contribution in [2.45, 2.75) is 51.0 Å². The van der Waals surface area contributed by atoms with Crippen molar-refractivity contribution in [2.75, 3.05) is 13.2 Å². The molecule has 0 aromatic heterocycles. The highest BCUT2D eigenvalue weighted by Gasteiger charge is 2.12. The zero-order valence-corrected chi connectivity index (χ0v) is 8.37. The summed E-state index contributed by atoms with van der Waals surface area (Å²) in [6.45, 7) is 1.19. The van der Waals surface area contributed by atoms with Crippen LogP contribution in [0.25, 0.3) is 0 Å². The number of rotatable bonds is 6. The molecule has 1 unspecified atom stereocenters. The zero-order valence-electron chi connectivity index (χ0n) is 8.37. The molecule has 0 spiro atoms. The van der Waals surface area contributed by atoms with E-state index in [0.29, 0.717) is 12.7 Å². The Kier molecular flexibility index (Phi) is 6.21. The Balaban J connectivity index is 1.86. The summed E-state index contributed by atoms with van der Waals surface area (Å²) in [5.41, 5.74) is 0. The average molecular weight is 185 g/mol. The molecule has 77 valence electrons. The van der Waals surface area contributed by atoms with Crippen molar-refractivity contribution in [2.24, 2.45) is 0 Å². The van der Waals surface area contributed by atoms with E-state index in [1.807, 2.05) is 0 Å². The van der Waals surface area contributed by atoms with E-state index in [0.717, 1.165) is 32.3 Å². The number of hydrogen-bond donors (Lipinski definition) is 1. The Morgan fingerprint density at radius 3 is 2.92 bits per heavy atom. The topological polar surface area (TPSA) is 29.5 Å². The van der Waals surface area contributed by atoms with Crippen LogP contribution in [0.2, 0.25) is 0 Å². The molecule has 2 heteroatoms. The van der Waals surface area contributed by atoms with E-state index in [1.165, 1.54) is 19.3 Å². The van der Waals surface area contributed by atoms with E-state index in [9.17, 15) is 0 Å². The van der Waals surface area contributed by atoms with Gasteiger partial charge in [-0.1, -0.05) is 6.42 Å². The summed E-state index contributed by atoms with van der Waals surface area (Å²) in [5.74, 6) is 0. The molecule has 1 radical (unpaired) electrons. The van der Waals surface area contributed by atoms with Gasteiger partial charge in [0.05, 0.1) is 6.10 Å². The standard InChI is InChI=1S/C11H21O2/c12-9-5-2-6-10-13-11-7-3-1-4-8-11/h3,11-12H,1-2,4-10H2. The van der Waals surface area contributed by atoms with Crippen LogP contribution in [-0.2, 0) is 4.74 Å². The van der Waals surface area contributed by atoms with Crippen LogP contribution in [0.15, 0.2) is 0 Å². The van der Waals surface area contributed by atoms with Crippen molar-refractivity contribution in [1.29, 1.82) is 0 Å². The first-order valence-corrected chi connectivity index (χ1v) is 5.47. The number of hydrogen-bond acceptors (Lipinski definition) is 2. The summed E-state index contributed by atoms with van der Waals surface area (Å²) < 4.78 is 5.72. The lowest BCUT2D eigenvalue weighted by molar-refractivity contribution is 0.0357. The summed E-state index contributed by atoms with van der Waals surface area (Å²) in [4.78, 5) is 0. The Hall–Kier alpha value is -0.0800. The highest BCUT2D eigenvalue weighted by atomic mass is 16.5. The molecule has 0 aromatic rings. The van der Waals surface area contributed by atoms with Crippen LogP contribution >= 0.6 is 0 Å². The van der Waals surface area contributed by atoms with Crippen molar-refractivity contribution in [1.82, 2.24) is 0 Å². The second kappa shape index (κ2) is 7.34. The number of aliphatic hydroxyl groups is 1. The fourth-order valence-electron chi connectivity index (χ4n) is 1.70. The lowest BCUT2D eigenvalue weighted by atomic mass is 9.98. The smallest absolute Gasteiger partial charge is 0.0577 e. The summed E-state index contributed by atoms with van der Waals surface area (Å²) in [6.07, 6.45) is 10.9. The first-order chi connectivity index (χ1) is 6.43. The van der Waals surface area contributed by atoms with Crippen molar-refractivity contribution < 1.29 is 9.84 Å². The monoisotopic (exact) mass is 185 g/mol. The van der Waals surface area contributed by atoms with E-state index in [4.69, 9.17) is 9.84 Å². The van der Waals surface area contributed by atoms with Crippen molar-refractivity contribution >= 4 is 0 Å². The van der Waals surface area contributed by atoms with E-state index in [-0.39, 0.29) is 0 Å². The first kappa shape index (κ1) is 11.0. The minimum absolute atomic E-state index is 0.317. The Morgan fingerprint density at radius 1 is 1.31 bits per heavy atom. The van der Waals surface area contributed by atoms with Gasteiger partial charge >= 0.3 is 0 Å². The van der Waals surface area contributed by atoms with E-state index < -0.39 is 0 Å². The van der Waals surface area contributed by atoms with Gasteiger partial charge < -0.3 is 9.84 Å². The van der Waals surface area contributed by atoms with Gasteiger partial charge in [0.25, 0.3) is 0 Å². The molecule has 0 bridgehead atoms. The van der Waals surface area contributed by atoms with Crippen LogP contribution in [-0.4, -0.2) is 24.4 Å². The summed E-state index contributed by atoms with van der Waals surface area (Å²) in [6, 6.07) is 0. The molecule has 1 saturated carbocycles. The first-order valence-electron chi connectivity index (χ1n) is 5.47. The predicted octanol–water partition coefficient (Wildman–Crippen LogP) is 2.31. The van der Waals surface area contributed by atoms with Crippen LogP contribution in [0.4, 0.5) is 0 Å². The molecule has 1 rings (SSSR count). The van der Waals surface area contributed by atoms with E-state index in [2.05, 4.69) is 6.42 Å². The summed E-state index contributed by atoms with van der Waals surface area (Å²) in [7, 11) is 0. The number of unbranched alkanes of at least 4 members (excludes halogenated alkanes) is 2. The molecule has 0 amide bonds. The zero-order chi connectivity index (χ0) is 9.36. The van der Waals surface area contributed by atoms with Crippen LogP contribution in [0.1, 0.15) is 44.9 Å². The van der Waals surface area contributed by atoms with Crippen LogP contribution < -0.4 is 0 Å². The molecule has 1 aliphatic rings. The molecule has 0 aromatic carbocycles. The van der Waals surface area contributed by atoms with Crippen molar-refractivity contribution in [3.8, 4) is 0 Å². The van der Waals surface area contributed by atoms with Gasteiger partial charge in [-0.05, 0) is 44.9 Å². The fraction of sp³-hybridized carbons (Fsp3) is 0.909. The van der Waals surface area contributed by atoms with Gasteiger partial charge in [0.1, 0.15) is 0 Å². The minimum atomic E-state index is 0.317. The van der Waals surface area contributed by atoms with E-state index >= 15 is 0 Å². The molecule has 0 saturated heterocycles. The van der Waals surface area contributed by atoms with Gasteiger partial charge in [0, 0.05) is 13.2 Å². The van der Waals surface area contributed by atoms with Gasteiger partial charge in [-0.25, -0.2) is 0 Å². The van der Waals surface area contributed by atoms with Crippen LogP contribution in [0.3, 0.4) is 0 Å². The molecule has 13 heavy (non-hydrogen) atoms. The molecule has 0 heterocycles. The highest BCUT2D eigenvalue weighted by molar-refractivity contribution is 4.77. The third-order valence-electron chi connectivity index (χ3n) is 2.52. The van der Waals surface area contributed by atoms with Gasteiger partial charge in [-0.15, -0.1) is 0 Å². The Bertz CT molecular complexity index is 109. The van der Waals surface area contributed by atoms with Crippen LogP contribution in [0.5, 0.6) is 0 Å². The van der Waals surface area contributed by atoms with Gasteiger partial charge in [0.15, 0.2) is 0 Å². The number of aliphatic hydroxyl groups excluding tert-OH is 1. The summed E-state index contributed by atoms with van der Waals surface area (Å²) in [5, 5.41) is 8.57. The van der Waals surface area contributed by atoms with Gasteiger partial charge in [0.2, 0.25) is 0 Å². The second-order valence-corrected chi connectivity index (χ2v) is 3.73. The molecular weight excluding hydrogens is 164 g/mol. The summed E-state index contributed by atoms with van der Waals surface area (Å²) >= 11 is 0. The second-order valence-electron chi connectivity index (χ2n) is 3.73. The lowest BCUT2D eigenvalue weighted by Crippen LogP contribution is -2.17. The maximum atomic E-state index is 8.57. The van der Waals surface area contributed by atoms with Gasteiger partial charge in [-0.2, -0.15) is 0 Å². The molecule has 1 N–H and O–H groups in total. The number of ether oxygens (including phenoxy) is 1. The van der Waals surface area contributed by atoms with E-state index in [1.54, 1.807) is 0 Å². The Morgan fingerprint density at radius 2 is 2.23 bits per heavy atom. The SMILES string of the molecule is OCCCCCOC1C[CH]CCC1. The average Bonchev–Trinajstić information content (AvgIpc) is 2.19. The normalized spacial score (nSPS) is 19.2. The third kappa shape index (κ3) is 5.27. The van der Waals surface area contributed by atoms with Crippen molar-refractivity contribution in [3.05, 3.63) is 6.42 Å². The highest BCUT2D eigenvalue weighted by Crippen LogP contribution is 2.19. The molecule has 1 aliphatic carbocycles. The maximum absolute atomic E-state index is 8.57. The molecular formula is C11H21O2.